The molecule has 0 unspecified atom stereocenters. The Hall–Kier alpha value is -0.710. The smallest absolute Gasteiger partial charge is 0.230 e. The first-order chi connectivity index (χ1) is 9.29. The van der Waals surface area contributed by atoms with Crippen LogP contribution in [0.4, 0.5) is 0 Å². The van der Waals surface area contributed by atoms with Crippen molar-refractivity contribution in [3.8, 4) is 0 Å². The number of carbonyl (C=O) groups excluding carboxylic acids is 2. The number of rotatable bonds is 5. The molecule has 1 fully saturated rings. The molecule has 0 aromatic carbocycles. The van der Waals surface area contributed by atoms with Gasteiger partial charge < -0.3 is 11.1 Å². The molecule has 0 saturated heterocycles. The molecule has 0 radical (unpaired) electrons. The molecule has 4 nitrogen and oxygen atoms in total. The zero-order valence-electron chi connectivity index (χ0n) is 12.9. The van der Waals surface area contributed by atoms with Crippen molar-refractivity contribution < 1.29 is 9.59 Å². The number of primary amides is 1. The van der Waals surface area contributed by atoms with Crippen LogP contribution < -0.4 is 11.1 Å². The van der Waals surface area contributed by atoms with Crippen LogP contribution in [0.1, 0.15) is 52.9 Å². The number of nitrogens with one attached hydrogen (secondary N) is 1. The summed E-state index contributed by atoms with van der Waals surface area (Å²) in [6.45, 7) is 6.91. The summed E-state index contributed by atoms with van der Waals surface area (Å²) in [5, 5.41) is 3.09. The Labute approximate surface area is 126 Å². The summed E-state index contributed by atoms with van der Waals surface area (Å²) >= 11 is 1.28. The van der Waals surface area contributed by atoms with E-state index in [4.69, 9.17) is 5.73 Å². The Bertz CT molecular complexity index is 339. The fraction of sp³-hybridized carbons (Fsp3) is 0.867. The largest absolute Gasteiger partial charge is 0.369 e. The molecule has 1 aliphatic carbocycles. The zero-order chi connectivity index (χ0) is 15.2. The average molecular weight is 300 g/mol. The monoisotopic (exact) mass is 300 g/mol. The van der Waals surface area contributed by atoms with Gasteiger partial charge in [-0.2, -0.15) is 0 Å². The van der Waals surface area contributed by atoms with E-state index in [0.717, 1.165) is 18.8 Å². The van der Waals surface area contributed by atoms with Crippen LogP contribution in [0.2, 0.25) is 0 Å². The van der Waals surface area contributed by atoms with Gasteiger partial charge in [0.15, 0.2) is 0 Å². The molecular weight excluding hydrogens is 272 g/mol. The van der Waals surface area contributed by atoms with Gasteiger partial charge in [-0.3, -0.25) is 9.59 Å². The number of carbonyl (C=O) groups is 2. The van der Waals surface area contributed by atoms with Crippen molar-refractivity contribution >= 4 is 23.6 Å². The van der Waals surface area contributed by atoms with E-state index >= 15 is 0 Å². The standard InChI is InChI=1S/C15H28N2O2S/c1-15(2,3)11-5-4-6-12(8-7-11)17-14(19)10-20-9-13(16)18/h11-12H,4-10H2,1-3H3,(H2,16,18)(H,17,19)/t11-,12-/m1/s1. The van der Waals surface area contributed by atoms with E-state index in [2.05, 4.69) is 26.1 Å². The highest BCUT2D eigenvalue weighted by atomic mass is 32.2. The Morgan fingerprint density at radius 3 is 2.45 bits per heavy atom. The molecule has 0 bridgehead atoms. The predicted molar refractivity (Wildman–Crippen MR) is 84.5 cm³/mol. The second-order valence-corrected chi connectivity index (χ2v) is 7.78. The lowest BCUT2D eigenvalue weighted by Gasteiger charge is -2.29. The third-order valence-corrected chi connectivity index (χ3v) is 4.99. The van der Waals surface area contributed by atoms with Crippen molar-refractivity contribution in [2.24, 2.45) is 17.1 Å². The van der Waals surface area contributed by atoms with Gasteiger partial charge in [-0.1, -0.05) is 27.2 Å². The van der Waals surface area contributed by atoms with Crippen LogP contribution in [0.5, 0.6) is 0 Å². The van der Waals surface area contributed by atoms with Gasteiger partial charge in [-0.15, -0.1) is 11.8 Å². The first kappa shape index (κ1) is 17.3. The van der Waals surface area contributed by atoms with E-state index in [0.29, 0.717) is 17.2 Å². The van der Waals surface area contributed by atoms with Crippen molar-refractivity contribution in [3.05, 3.63) is 0 Å². The maximum atomic E-state index is 11.8. The van der Waals surface area contributed by atoms with Gasteiger partial charge in [0.05, 0.1) is 11.5 Å². The molecule has 0 aliphatic heterocycles. The van der Waals surface area contributed by atoms with E-state index in [9.17, 15) is 9.59 Å². The molecule has 0 aromatic rings. The molecule has 0 spiro atoms. The van der Waals surface area contributed by atoms with Crippen LogP contribution in [0.25, 0.3) is 0 Å². The molecule has 5 heteroatoms. The van der Waals surface area contributed by atoms with Gasteiger partial charge in [-0.25, -0.2) is 0 Å². The highest BCUT2D eigenvalue weighted by molar-refractivity contribution is 8.00. The van der Waals surface area contributed by atoms with Crippen molar-refractivity contribution in [1.29, 1.82) is 0 Å². The molecule has 20 heavy (non-hydrogen) atoms. The van der Waals surface area contributed by atoms with E-state index in [1.807, 2.05) is 0 Å². The molecule has 2 amide bonds. The fourth-order valence-electron chi connectivity index (χ4n) is 2.83. The first-order valence-corrected chi connectivity index (χ1v) is 8.60. The maximum Gasteiger partial charge on any atom is 0.230 e. The summed E-state index contributed by atoms with van der Waals surface area (Å²) in [7, 11) is 0. The number of thioether (sulfide) groups is 1. The topological polar surface area (TPSA) is 72.2 Å². The second kappa shape index (κ2) is 7.91. The summed E-state index contributed by atoms with van der Waals surface area (Å²) < 4.78 is 0. The van der Waals surface area contributed by atoms with E-state index < -0.39 is 0 Å². The second-order valence-electron chi connectivity index (χ2n) is 6.79. The van der Waals surface area contributed by atoms with E-state index in [1.54, 1.807) is 0 Å². The molecule has 2 atom stereocenters. The molecule has 1 rings (SSSR count). The molecule has 3 N–H and O–H groups in total. The number of hydrogen-bond donors (Lipinski definition) is 2. The van der Waals surface area contributed by atoms with E-state index in [1.165, 1.54) is 31.0 Å². The Kier molecular flexibility index (Phi) is 6.86. The lowest BCUT2D eigenvalue weighted by atomic mass is 9.76. The summed E-state index contributed by atoms with van der Waals surface area (Å²) in [5.41, 5.74) is 5.41. The number of nitrogens with two attached hydrogens (primary N) is 1. The summed E-state index contributed by atoms with van der Waals surface area (Å²) in [4.78, 5) is 22.4. The van der Waals surface area contributed by atoms with Gasteiger partial charge in [0.2, 0.25) is 11.8 Å². The third-order valence-electron chi connectivity index (χ3n) is 4.04. The molecule has 0 heterocycles. The highest BCUT2D eigenvalue weighted by Gasteiger charge is 2.28. The lowest BCUT2D eigenvalue weighted by Crippen LogP contribution is -2.36. The molecule has 1 aliphatic rings. The predicted octanol–water partition coefficient (Wildman–Crippen LogP) is 2.32. The van der Waals surface area contributed by atoms with Crippen LogP contribution >= 0.6 is 11.8 Å². The van der Waals surface area contributed by atoms with Gasteiger partial charge in [-0.05, 0) is 37.0 Å². The third kappa shape index (κ3) is 6.64. The van der Waals surface area contributed by atoms with Crippen molar-refractivity contribution in [1.82, 2.24) is 5.32 Å². The zero-order valence-corrected chi connectivity index (χ0v) is 13.7. The van der Waals surface area contributed by atoms with Gasteiger partial charge in [0.25, 0.3) is 0 Å². The van der Waals surface area contributed by atoms with Gasteiger partial charge in [0, 0.05) is 6.04 Å². The van der Waals surface area contributed by atoms with Crippen LogP contribution in [0, 0.1) is 11.3 Å². The van der Waals surface area contributed by atoms with Gasteiger partial charge in [0.1, 0.15) is 0 Å². The molecule has 1 saturated carbocycles. The Balaban J connectivity index is 2.31. The summed E-state index contributed by atoms with van der Waals surface area (Å²) in [6, 6.07) is 0.295. The lowest BCUT2D eigenvalue weighted by molar-refractivity contribution is -0.119. The highest BCUT2D eigenvalue weighted by Crippen LogP contribution is 2.36. The molecule has 0 aromatic heterocycles. The minimum Gasteiger partial charge on any atom is -0.369 e. The summed E-state index contributed by atoms with van der Waals surface area (Å²) in [5.74, 6) is 0.932. The molecule has 116 valence electrons. The van der Waals surface area contributed by atoms with Crippen LogP contribution in [0.3, 0.4) is 0 Å². The SMILES string of the molecule is CC(C)(C)[C@@H]1CCC[C@@H](NC(=O)CSCC(N)=O)CC1. The fourth-order valence-corrected chi connectivity index (χ4v) is 3.40. The van der Waals surface area contributed by atoms with Crippen LogP contribution in [-0.4, -0.2) is 29.4 Å². The van der Waals surface area contributed by atoms with Gasteiger partial charge >= 0.3 is 0 Å². The van der Waals surface area contributed by atoms with Crippen molar-refractivity contribution in [3.63, 3.8) is 0 Å². The first-order valence-electron chi connectivity index (χ1n) is 7.44. The minimum absolute atomic E-state index is 0.0236. The number of amides is 2. The Morgan fingerprint density at radius 2 is 1.85 bits per heavy atom. The summed E-state index contributed by atoms with van der Waals surface area (Å²) in [6.07, 6.45) is 5.75. The van der Waals surface area contributed by atoms with Crippen molar-refractivity contribution in [2.45, 2.75) is 58.9 Å². The maximum absolute atomic E-state index is 11.8. The Morgan fingerprint density at radius 1 is 1.15 bits per heavy atom. The minimum atomic E-state index is -0.370. The van der Waals surface area contributed by atoms with E-state index in [-0.39, 0.29) is 17.6 Å². The van der Waals surface area contributed by atoms with Crippen LogP contribution in [-0.2, 0) is 9.59 Å². The quantitative estimate of drug-likeness (QED) is 0.765. The van der Waals surface area contributed by atoms with Crippen LogP contribution in [0.15, 0.2) is 0 Å². The van der Waals surface area contributed by atoms with Crippen molar-refractivity contribution in [2.75, 3.05) is 11.5 Å². The number of hydrogen-bond acceptors (Lipinski definition) is 3. The average Bonchev–Trinajstić information content (AvgIpc) is 2.53. The normalized spacial score (nSPS) is 23.9. The molecular formula is C15H28N2O2S.